The van der Waals surface area contributed by atoms with Gasteiger partial charge in [-0.3, -0.25) is 0 Å². The van der Waals surface area contributed by atoms with Crippen LogP contribution in [-0.2, 0) is 0 Å². The van der Waals surface area contributed by atoms with E-state index >= 15 is 0 Å². The van der Waals surface area contributed by atoms with Crippen molar-refractivity contribution in [2.24, 2.45) is 0 Å². The van der Waals surface area contributed by atoms with E-state index in [0.717, 1.165) is 0 Å². The molecular weight excluding hydrogens is 627 g/mol. The van der Waals surface area contributed by atoms with Gasteiger partial charge in [0.2, 0.25) is 0 Å². The first kappa shape index (κ1) is 30.0. The lowest BCUT2D eigenvalue weighted by molar-refractivity contribution is 1.26. The first-order valence-electron chi connectivity index (χ1n) is 16.2. The second-order valence-electron chi connectivity index (χ2n) is 12.9. The van der Waals surface area contributed by atoms with Crippen LogP contribution in [0.1, 0.15) is 44.1 Å². The topological polar surface area (TPSA) is 0 Å². The van der Waals surface area contributed by atoms with Crippen molar-refractivity contribution in [1.29, 1.82) is 0 Å². The molecule has 0 aromatic heterocycles. The number of halogens is 2. The molecule has 47 heavy (non-hydrogen) atoms. The van der Waals surface area contributed by atoms with E-state index in [1.807, 2.05) is 0 Å². The summed E-state index contributed by atoms with van der Waals surface area (Å²) >= 11 is 15.3. The Bertz CT molecular complexity index is 2010. The van der Waals surface area contributed by atoms with E-state index in [4.69, 9.17) is 23.2 Å². The van der Waals surface area contributed by atoms with Crippen LogP contribution >= 0.6 is 23.2 Å². The number of hydrogen-bond donors (Lipinski definition) is 0. The zero-order valence-electron chi connectivity index (χ0n) is 26.4. The van der Waals surface area contributed by atoms with E-state index in [-0.39, 0.29) is 10.8 Å². The van der Waals surface area contributed by atoms with Crippen molar-refractivity contribution in [3.63, 3.8) is 0 Å². The smallest absolute Gasteiger partial charge is 0.113 e. The molecule has 0 saturated carbocycles. The van der Waals surface area contributed by atoms with Gasteiger partial charge in [0.25, 0.3) is 0 Å². The zero-order chi connectivity index (χ0) is 32.1. The first-order chi connectivity index (χ1) is 23.0. The van der Waals surface area contributed by atoms with Crippen LogP contribution in [0.5, 0.6) is 0 Å². The zero-order valence-corrected chi connectivity index (χ0v) is 28.9. The van der Waals surface area contributed by atoms with Gasteiger partial charge < -0.3 is 0 Å². The molecule has 0 nitrogen and oxygen atoms in total. The number of fused-ring (bicyclic) bond motifs is 2. The molecule has 2 atom stereocenters. The summed E-state index contributed by atoms with van der Waals surface area (Å²) < 4.78 is 0. The summed E-state index contributed by atoms with van der Waals surface area (Å²) in [6, 6.07) is 56.4. The van der Waals surface area contributed by atoms with Crippen LogP contribution in [0, 0.1) is 0 Å². The number of hydrogen-bond acceptors (Lipinski definition) is 0. The summed E-state index contributed by atoms with van der Waals surface area (Å²) in [5.74, 6) is 0. The Kier molecular flexibility index (Phi) is 7.65. The SMILES string of the molecule is C[Si](C)(C1=C(c2ccccc2)C(Cl)c2cccc(-c3ccccc3)c21)C1=C(c2ccccc2)C(Cl)c2cccc(-c3ccccc3)c21. The molecule has 2 unspecified atom stereocenters. The van der Waals surface area contributed by atoms with Crippen molar-refractivity contribution in [2.45, 2.75) is 23.8 Å². The summed E-state index contributed by atoms with van der Waals surface area (Å²) in [4.78, 5) is 0. The first-order valence-corrected chi connectivity index (χ1v) is 20.1. The maximum atomic E-state index is 7.64. The van der Waals surface area contributed by atoms with Gasteiger partial charge in [-0.05, 0) is 77.2 Å². The van der Waals surface area contributed by atoms with Crippen LogP contribution in [0.15, 0.2) is 158 Å². The highest BCUT2D eigenvalue weighted by Crippen LogP contribution is 2.61. The molecule has 2 aliphatic carbocycles. The van der Waals surface area contributed by atoms with Gasteiger partial charge in [0.15, 0.2) is 0 Å². The molecule has 6 aromatic carbocycles. The lowest BCUT2D eigenvalue weighted by Crippen LogP contribution is -2.31. The molecule has 0 heterocycles. The fourth-order valence-electron chi connectivity index (χ4n) is 7.91. The van der Waals surface area contributed by atoms with Crippen molar-refractivity contribution >= 4 is 52.8 Å². The van der Waals surface area contributed by atoms with Gasteiger partial charge in [-0.2, -0.15) is 0 Å². The largest absolute Gasteiger partial charge is 0.114 e. The molecule has 2 aliphatic rings. The average molecular weight is 662 g/mol. The Balaban J connectivity index is 1.50. The minimum absolute atomic E-state index is 0.268. The Morgan fingerprint density at radius 1 is 0.383 bits per heavy atom. The van der Waals surface area contributed by atoms with Crippen molar-refractivity contribution in [3.05, 3.63) is 191 Å². The summed E-state index contributed by atoms with van der Waals surface area (Å²) in [5, 5.41) is 2.24. The maximum absolute atomic E-state index is 7.64. The lowest BCUT2D eigenvalue weighted by Gasteiger charge is -2.33. The highest BCUT2D eigenvalue weighted by atomic mass is 35.5. The Morgan fingerprint density at radius 2 is 0.702 bits per heavy atom. The Hall–Kier alpha value is -4.40. The molecule has 0 fully saturated rings. The van der Waals surface area contributed by atoms with Crippen LogP contribution in [0.25, 0.3) is 43.8 Å². The van der Waals surface area contributed by atoms with Gasteiger partial charge in [0.05, 0.1) is 10.8 Å². The maximum Gasteiger partial charge on any atom is 0.114 e. The third kappa shape index (κ3) is 4.88. The Labute approximate surface area is 288 Å². The van der Waals surface area contributed by atoms with Crippen LogP contribution in [0.3, 0.4) is 0 Å². The van der Waals surface area contributed by atoms with E-state index in [2.05, 4.69) is 171 Å². The van der Waals surface area contributed by atoms with E-state index in [1.165, 1.54) is 77.2 Å². The number of allylic oxidation sites excluding steroid dienone is 2. The molecule has 3 heteroatoms. The third-order valence-corrected chi connectivity index (χ3v) is 14.3. The molecule has 0 spiro atoms. The second-order valence-corrected chi connectivity index (χ2v) is 18.1. The van der Waals surface area contributed by atoms with Crippen LogP contribution < -0.4 is 0 Å². The standard InChI is InChI=1S/C44H34Cl2Si/c1-47(2,43-37(31-21-11-5-12-22-31)41(45)35-27-15-25-33(39(35)43)29-17-7-3-8-18-29)44-38(32-23-13-6-14-24-32)42(46)36-28-16-26-34(40(36)44)30-19-9-4-10-20-30/h3-28,41-42H,1-2H3. The van der Waals surface area contributed by atoms with Gasteiger partial charge in [-0.1, -0.05) is 171 Å². The van der Waals surface area contributed by atoms with Gasteiger partial charge >= 0.3 is 0 Å². The quantitative estimate of drug-likeness (QED) is 0.123. The molecule has 8 rings (SSSR count). The van der Waals surface area contributed by atoms with Crippen LogP contribution in [0.2, 0.25) is 13.1 Å². The lowest BCUT2D eigenvalue weighted by atomic mass is 9.97. The monoisotopic (exact) mass is 660 g/mol. The predicted octanol–water partition coefficient (Wildman–Crippen LogP) is 12.9. The molecule has 0 amide bonds. The van der Waals surface area contributed by atoms with Crippen molar-refractivity contribution in [3.8, 4) is 22.3 Å². The molecule has 0 bridgehead atoms. The summed E-state index contributed by atoms with van der Waals surface area (Å²) in [6.45, 7) is 5.04. The van der Waals surface area contributed by atoms with Crippen LogP contribution in [-0.4, -0.2) is 8.07 Å². The molecular formula is C44H34Cl2Si. The fourth-order valence-corrected chi connectivity index (χ4v) is 12.9. The summed E-state index contributed by atoms with van der Waals surface area (Å²) in [6.07, 6.45) is 0. The fraction of sp³-hybridized carbons (Fsp3) is 0.0909. The molecule has 6 aromatic rings. The predicted molar refractivity (Wildman–Crippen MR) is 205 cm³/mol. The minimum Gasteiger partial charge on any atom is -0.113 e. The molecule has 0 radical (unpaired) electrons. The highest BCUT2D eigenvalue weighted by Gasteiger charge is 2.48. The van der Waals surface area contributed by atoms with Crippen molar-refractivity contribution in [2.75, 3.05) is 0 Å². The van der Waals surface area contributed by atoms with E-state index in [0.29, 0.717) is 0 Å². The number of rotatable bonds is 6. The van der Waals surface area contributed by atoms with Crippen molar-refractivity contribution in [1.82, 2.24) is 0 Å². The van der Waals surface area contributed by atoms with Gasteiger partial charge in [-0.25, -0.2) is 0 Å². The van der Waals surface area contributed by atoms with Gasteiger partial charge in [0, 0.05) is 0 Å². The van der Waals surface area contributed by atoms with Gasteiger partial charge in [0.1, 0.15) is 8.07 Å². The summed E-state index contributed by atoms with van der Waals surface area (Å²) in [7, 11) is -2.65. The second kappa shape index (κ2) is 12.0. The molecule has 0 N–H and O–H groups in total. The number of benzene rings is 6. The van der Waals surface area contributed by atoms with E-state index in [1.54, 1.807) is 0 Å². The third-order valence-electron chi connectivity index (χ3n) is 9.87. The molecule has 0 aliphatic heterocycles. The minimum atomic E-state index is -2.65. The summed E-state index contributed by atoms with van der Waals surface area (Å²) in [5.41, 5.74) is 14.6. The normalized spacial score (nSPS) is 17.2. The van der Waals surface area contributed by atoms with Crippen molar-refractivity contribution < 1.29 is 0 Å². The highest BCUT2D eigenvalue weighted by molar-refractivity contribution is 7.11. The Morgan fingerprint density at radius 3 is 1.04 bits per heavy atom. The molecule has 0 saturated heterocycles. The van der Waals surface area contributed by atoms with Crippen LogP contribution in [0.4, 0.5) is 0 Å². The molecule has 228 valence electrons. The van der Waals surface area contributed by atoms with E-state index in [9.17, 15) is 0 Å². The number of alkyl halides is 2. The van der Waals surface area contributed by atoms with E-state index < -0.39 is 8.07 Å². The average Bonchev–Trinajstić information content (AvgIpc) is 3.61. The van der Waals surface area contributed by atoms with Gasteiger partial charge in [-0.15, -0.1) is 23.2 Å².